The van der Waals surface area contributed by atoms with E-state index in [1.165, 1.54) is 0 Å². The summed E-state index contributed by atoms with van der Waals surface area (Å²) in [5.41, 5.74) is 2.12. The number of carbonyl (C=O) groups excluding carboxylic acids is 1. The van der Waals surface area contributed by atoms with Gasteiger partial charge in [-0.25, -0.2) is 0 Å². The van der Waals surface area contributed by atoms with Crippen LogP contribution in [0.4, 0.5) is 18.9 Å². The van der Waals surface area contributed by atoms with E-state index < -0.39 is 18.5 Å². The summed E-state index contributed by atoms with van der Waals surface area (Å²) < 4.78 is 37.0. The second kappa shape index (κ2) is 6.11. The van der Waals surface area contributed by atoms with Crippen LogP contribution in [-0.4, -0.2) is 51.4 Å². The third-order valence-electron chi connectivity index (χ3n) is 4.41. The van der Waals surface area contributed by atoms with Crippen molar-refractivity contribution in [1.29, 1.82) is 0 Å². The number of H-pyrrole nitrogens is 1. The molecule has 1 fully saturated rings. The Morgan fingerprint density at radius 3 is 3.00 bits per heavy atom. The highest BCUT2D eigenvalue weighted by molar-refractivity contribution is 6.09. The standard InChI is InChI=1S/C16H15F3N6O/c17-16(18,19)5-13(26)22-9-2-4-25(8-9)12-7-20-6-11-14(12)10-1-3-21-15(10)24-23-11/h1,3,6-7,9H,2,4-5,8H2,(H,21,24)(H,22,26). The quantitative estimate of drug-likeness (QED) is 0.744. The van der Waals surface area contributed by atoms with Gasteiger partial charge in [-0.05, 0) is 12.5 Å². The van der Waals surface area contributed by atoms with Crippen LogP contribution < -0.4 is 10.2 Å². The van der Waals surface area contributed by atoms with Crippen molar-refractivity contribution in [1.82, 2.24) is 25.5 Å². The molecule has 26 heavy (non-hydrogen) atoms. The van der Waals surface area contributed by atoms with Crippen LogP contribution in [0.3, 0.4) is 0 Å². The molecule has 1 amide bonds. The molecule has 0 saturated carbocycles. The number of aromatic nitrogens is 4. The monoisotopic (exact) mass is 364 g/mol. The van der Waals surface area contributed by atoms with E-state index in [4.69, 9.17) is 0 Å². The fourth-order valence-corrected chi connectivity index (χ4v) is 3.34. The lowest BCUT2D eigenvalue weighted by Gasteiger charge is -2.20. The zero-order valence-electron chi connectivity index (χ0n) is 13.5. The molecular weight excluding hydrogens is 349 g/mol. The van der Waals surface area contributed by atoms with E-state index >= 15 is 0 Å². The molecule has 3 aromatic rings. The van der Waals surface area contributed by atoms with Gasteiger partial charge in [-0.2, -0.15) is 13.2 Å². The second-order valence-corrected chi connectivity index (χ2v) is 6.28. The fourth-order valence-electron chi connectivity index (χ4n) is 3.34. The number of anilines is 1. The average molecular weight is 364 g/mol. The van der Waals surface area contributed by atoms with Gasteiger partial charge in [0.1, 0.15) is 11.9 Å². The van der Waals surface area contributed by atoms with Crippen LogP contribution in [0.5, 0.6) is 0 Å². The summed E-state index contributed by atoms with van der Waals surface area (Å²) in [4.78, 5) is 20.7. The van der Waals surface area contributed by atoms with Gasteiger partial charge in [0.15, 0.2) is 5.65 Å². The summed E-state index contributed by atoms with van der Waals surface area (Å²) in [6.45, 7) is 1.02. The normalized spacial score (nSPS) is 18.0. The molecule has 4 heterocycles. The number of nitrogens with one attached hydrogen (secondary N) is 2. The number of fused-ring (bicyclic) bond motifs is 3. The van der Waals surface area contributed by atoms with Crippen LogP contribution in [0.25, 0.3) is 21.9 Å². The van der Waals surface area contributed by atoms with E-state index in [1.54, 1.807) is 18.6 Å². The van der Waals surface area contributed by atoms with Crippen molar-refractivity contribution in [3.05, 3.63) is 24.7 Å². The molecule has 4 rings (SSSR count). The molecule has 1 aliphatic rings. The Hall–Kier alpha value is -2.91. The Morgan fingerprint density at radius 2 is 2.19 bits per heavy atom. The predicted molar refractivity (Wildman–Crippen MR) is 88.6 cm³/mol. The van der Waals surface area contributed by atoms with Crippen molar-refractivity contribution in [2.75, 3.05) is 18.0 Å². The number of halogens is 3. The molecule has 0 bridgehead atoms. The fraction of sp³-hybridized carbons (Fsp3) is 0.375. The first kappa shape index (κ1) is 16.6. The number of aromatic amines is 1. The maximum absolute atomic E-state index is 12.3. The summed E-state index contributed by atoms with van der Waals surface area (Å²) in [6, 6.07) is 1.56. The van der Waals surface area contributed by atoms with Gasteiger partial charge in [0.2, 0.25) is 5.91 Å². The zero-order valence-corrected chi connectivity index (χ0v) is 13.5. The van der Waals surface area contributed by atoms with Gasteiger partial charge in [0.25, 0.3) is 0 Å². The average Bonchev–Trinajstić information content (AvgIpc) is 3.21. The lowest BCUT2D eigenvalue weighted by Crippen LogP contribution is -2.39. The lowest BCUT2D eigenvalue weighted by atomic mass is 10.1. The molecule has 0 spiro atoms. The van der Waals surface area contributed by atoms with Gasteiger partial charge < -0.3 is 15.2 Å². The third kappa shape index (κ3) is 3.14. The van der Waals surface area contributed by atoms with Gasteiger partial charge in [-0.1, -0.05) is 0 Å². The summed E-state index contributed by atoms with van der Waals surface area (Å²) in [7, 11) is 0. The van der Waals surface area contributed by atoms with Crippen LogP contribution >= 0.6 is 0 Å². The molecule has 10 heteroatoms. The molecule has 3 aromatic heterocycles. The van der Waals surface area contributed by atoms with E-state index in [0.29, 0.717) is 30.7 Å². The molecule has 1 aliphatic heterocycles. The van der Waals surface area contributed by atoms with Crippen molar-refractivity contribution >= 4 is 33.5 Å². The number of amides is 1. The summed E-state index contributed by atoms with van der Waals surface area (Å²) >= 11 is 0. The summed E-state index contributed by atoms with van der Waals surface area (Å²) in [6.07, 6.45) is -0.297. The third-order valence-corrected chi connectivity index (χ3v) is 4.41. The highest BCUT2D eigenvalue weighted by Crippen LogP contribution is 2.32. The van der Waals surface area contributed by atoms with Gasteiger partial charge in [-0.3, -0.25) is 9.78 Å². The van der Waals surface area contributed by atoms with E-state index in [-0.39, 0.29) is 6.04 Å². The minimum absolute atomic E-state index is 0.336. The number of carbonyl (C=O) groups is 1. The molecule has 136 valence electrons. The van der Waals surface area contributed by atoms with Gasteiger partial charge in [-0.15, -0.1) is 10.2 Å². The topological polar surface area (TPSA) is 86.8 Å². The largest absolute Gasteiger partial charge is 0.397 e. The molecule has 0 radical (unpaired) electrons. The number of hydrogen-bond donors (Lipinski definition) is 2. The Kier molecular flexibility index (Phi) is 3.89. The van der Waals surface area contributed by atoms with Crippen LogP contribution in [0.2, 0.25) is 0 Å². The minimum atomic E-state index is -4.50. The van der Waals surface area contributed by atoms with Gasteiger partial charge in [0.05, 0.1) is 18.1 Å². The van der Waals surface area contributed by atoms with Gasteiger partial charge in [0, 0.05) is 36.1 Å². The Bertz CT molecular complexity index is 969. The van der Waals surface area contributed by atoms with Gasteiger partial charge >= 0.3 is 6.18 Å². The highest BCUT2D eigenvalue weighted by atomic mass is 19.4. The van der Waals surface area contributed by atoms with Crippen LogP contribution in [0.15, 0.2) is 24.7 Å². The SMILES string of the molecule is O=C(CC(F)(F)F)NC1CCN(c2cncc3nnc4[nH]ccc4c23)C1. The first-order valence-corrected chi connectivity index (χ1v) is 8.09. The Morgan fingerprint density at radius 1 is 1.35 bits per heavy atom. The van der Waals surface area contributed by atoms with Crippen LogP contribution in [0.1, 0.15) is 12.8 Å². The highest BCUT2D eigenvalue weighted by Gasteiger charge is 2.33. The molecule has 1 atom stereocenters. The van der Waals surface area contributed by atoms with E-state index in [2.05, 4.69) is 25.5 Å². The minimum Gasteiger partial charge on any atom is -0.368 e. The van der Waals surface area contributed by atoms with E-state index in [0.717, 1.165) is 16.5 Å². The smallest absolute Gasteiger partial charge is 0.368 e. The summed E-state index contributed by atoms with van der Waals surface area (Å²) in [5, 5.41) is 12.5. The number of nitrogens with zero attached hydrogens (tertiary/aromatic N) is 4. The number of rotatable bonds is 3. The van der Waals surface area contributed by atoms with Crippen molar-refractivity contribution in [2.45, 2.75) is 25.1 Å². The number of hydrogen-bond acceptors (Lipinski definition) is 5. The maximum Gasteiger partial charge on any atom is 0.397 e. The maximum atomic E-state index is 12.3. The van der Waals surface area contributed by atoms with Crippen LogP contribution in [-0.2, 0) is 4.79 Å². The molecular formula is C16H15F3N6O. The first-order valence-electron chi connectivity index (χ1n) is 8.09. The molecule has 0 aliphatic carbocycles. The molecule has 1 saturated heterocycles. The van der Waals surface area contributed by atoms with Crippen molar-refractivity contribution in [3.8, 4) is 0 Å². The second-order valence-electron chi connectivity index (χ2n) is 6.28. The number of pyridine rings is 1. The lowest BCUT2D eigenvalue weighted by molar-refractivity contribution is -0.154. The van der Waals surface area contributed by atoms with Crippen molar-refractivity contribution in [3.63, 3.8) is 0 Å². The van der Waals surface area contributed by atoms with E-state index in [1.807, 2.05) is 11.0 Å². The molecule has 7 nitrogen and oxygen atoms in total. The molecule has 2 N–H and O–H groups in total. The van der Waals surface area contributed by atoms with E-state index in [9.17, 15) is 18.0 Å². The Labute approximate surface area is 145 Å². The Balaban J connectivity index is 1.58. The van der Waals surface area contributed by atoms with Crippen molar-refractivity contribution < 1.29 is 18.0 Å². The number of alkyl halides is 3. The summed E-state index contributed by atoms with van der Waals surface area (Å²) in [5.74, 6) is -1.00. The van der Waals surface area contributed by atoms with Crippen LogP contribution in [0, 0.1) is 0 Å². The molecule has 0 aromatic carbocycles. The van der Waals surface area contributed by atoms with Crippen molar-refractivity contribution in [2.24, 2.45) is 0 Å². The first-order chi connectivity index (χ1) is 12.4. The zero-order chi connectivity index (χ0) is 18.3. The molecule has 1 unspecified atom stereocenters. The predicted octanol–water partition coefficient (Wildman–Crippen LogP) is 2.15.